The molecule has 2 aliphatic rings. The number of rotatable bonds is 4. The van der Waals surface area contributed by atoms with Crippen LogP contribution in [0.25, 0.3) is 25.1 Å². The van der Waals surface area contributed by atoms with E-state index in [4.69, 9.17) is 4.74 Å². The number of ether oxygens (including phenoxy) is 1. The normalized spacial score (nSPS) is 22.1. The highest BCUT2D eigenvalue weighted by Crippen LogP contribution is 2.50. The third-order valence-corrected chi connectivity index (χ3v) is 9.65. The molecule has 0 N–H and O–H groups in total. The molecule has 1 aromatic heterocycles. The summed E-state index contributed by atoms with van der Waals surface area (Å²) in [5, 5.41) is 2.59. The second-order valence-corrected chi connectivity index (χ2v) is 11.7. The smallest absolute Gasteiger partial charge is 0.338 e. The second-order valence-electron chi connectivity index (χ2n) is 9.71. The molecule has 2 nitrogen and oxygen atoms in total. The average molecular weight is 440 g/mol. The van der Waals surface area contributed by atoms with Gasteiger partial charge in [-0.2, -0.15) is 0 Å². The number of fused-ring (bicyclic) bond motifs is 5. The van der Waals surface area contributed by atoms with Gasteiger partial charge in [-0.15, -0.1) is 0 Å². The monoisotopic (exact) mass is 439 g/mol. The van der Waals surface area contributed by atoms with E-state index in [1.54, 1.807) is 0 Å². The fourth-order valence-corrected chi connectivity index (χ4v) is 8.24. The van der Waals surface area contributed by atoms with Gasteiger partial charge in [0.05, 0.1) is 5.56 Å². The van der Waals surface area contributed by atoms with E-state index < -0.39 is 5.60 Å². The molecule has 160 valence electrons. The zero-order valence-electron chi connectivity index (χ0n) is 18.5. The van der Waals surface area contributed by atoms with Crippen molar-refractivity contribution in [1.29, 1.82) is 0 Å². The third kappa shape index (κ3) is 3.10. The molecule has 4 aromatic rings. The Hall–Kier alpha value is -2.91. The first kappa shape index (κ1) is 19.8. The molecule has 2 bridgehead atoms. The highest BCUT2D eigenvalue weighted by molar-refractivity contribution is 7.50. The number of esters is 1. The molecule has 0 saturated heterocycles. The van der Waals surface area contributed by atoms with E-state index in [9.17, 15) is 4.79 Å². The fourth-order valence-electron chi connectivity index (χ4n) is 5.81. The lowest BCUT2D eigenvalue weighted by Gasteiger charge is -2.35. The molecule has 1 saturated carbocycles. The predicted octanol–water partition coefficient (Wildman–Crippen LogP) is 7.88. The lowest BCUT2D eigenvalue weighted by Crippen LogP contribution is -2.38. The van der Waals surface area contributed by atoms with Gasteiger partial charge < -0.3 is 4.74 Å². The van der Waals surface area contributed by atoms with Crippen LogP contribution in [0.4, 0.5) is 0 Å². The van der Waals surface area contributed by atoms with Gasteiger partial charge in [0.15, 0.2) is 14.3 Å². The Bertz CT molecular complexity index is 1320. The number of hydrogen-bond donors (Lipinski definition) is 0. The largest absolute Gasteiger partial charge is 0.456 e. The van der Waals surface area contributed by atoms with Crippen molar-refractivity contribution in [1.82, 2.24) is 0 Å². The molecule has 3 atom stereocenters. The molecule has 0 aliphatic heterocycles. The molecule has 3 aromatic carbocycles. The average Bonchev–Trinajstić information content (AvgIpc) is 3.52. The van der Waals surface area contributed by atoms with Gasteiger partial charge in [-0.05, 0) is 74.9 Å². The molecule has 1 heterocycles. The lowest BCUT2D eigenvalue weighted by atomic mass is 9.80. The van der Waals surface area contributed by atoms with Crippen molar-refractivity contribution < 1.29 is 9.53 Å². The van der Waals surface area contributed by atoms with E-state index >= 15 is 0 Å². The van der Waals surface area contributed by atoms with Crippen LogP contribution in [0.1, 0.15) is 37.0 Å². The summed E-state index contributed by atoms with van der Waals surface area (Å²) in [7, 11) is -0.211. The number of carbonyl (C=O) groups is 1. The van der Waals surface area contributed by atoms with Gasteiger partial charge in [-0.25, -0.2) is 4.79 Å². The first-order chi connectivity index (χ1) is 15.5. The zero-order chi connectivity index (χ0) is 21.9. The van der Waals surface area contributed by atoms with Crippen molar-refractivity contribution in [2.24, 2.45) is 17.8 Å². The van der Waals surface area contributed by atoms with Crippen LogP contribution in [0.3, 0.4) is 0 Å². The number of thiophene rings is 1. The van der Waals surface area contributed by atoms with Gasteiger partial charge in [0.1, 0.15) is 5.60 Å². The Morgan fingerprint density at radius 3 is 2.19 bits per heavy atom. The van der Waals surface area contributed by atoms with Crippen molar-refractivity contribution in [2.45, 2.75) is 32.3 Å². The Kier molecular flexibility index (Phi) is 4.51. The number of hydrogen-bond acceptors (Lipinski definition) is 2. The second kappa shape index (κ2) is 7.31. The molecule has 1 fully saturated rings. The first-order valence-electron chi connectivity index (χ1n) is 11.5. The van der Waals surface area contributed by atoms with Crippen LogP contribution >= 0.6 is 10.5 Å². The quantitative estimate of drug-likeness (QED) is 0.184. The van der Waals surface area contributed by atoms with Gasteiger partial charge in [-0.1, -0.05) is 42.5 Å². The summed E-state index contributed by atoms with van der Waals surface area (Å²) >= 11 is 0. The van der Waals surface area contributed by atoms with E-state index in [0.717, 1.165) is 11.3 Å². The Labute approximate surface area is 191 Å². The van der Waals surface area contributed by atoms with E-state index in [1.165, 1.54) is 26.6 Å². The molecular formula is C29H27O2S+. The highest BCUT2D eigenvalue weighted by Gasteiger charge is 2.46. The van der Waals surface area contributed by atoms with Crippen molar-refractivity contribution in [3.05, 3.63) is 90.5 Å². The Morgan fingerprint density at radius 2 is 1.56 bits per heavy atom. The maximum atomic E-state index is 13.2. The van der Waals surface area contributed by atoms with Gasteiger partial charge in [0.25, 0.3) is 0 Å². The van der Waals surface area contributed by atoms with Gasteiger partial charge in [0.2, 0.25) is 0 Å². The summed E-state index contributed by atoms with van der Waals surface area (Å²) < 4.78 is 8.80. The minimum atomic E-state index is -0.466. The van der Waals surface area contributed by atoms with Crippen molar-refractivity contribution >= 4 is 36.6 Å². The number of allylic oxidation sites excluding steroid dienone is 2. The zero-order valence-corrected chi connectivity index (χ0v) is 19.3. The van der Waals surface area contributed by atoms with E-state index in [-0.39, 0.29) is 16.4 Å². The van der Waals surface area contributed by atoms with Gasteiger partial charge in [-0.3, -0.25) is 0 Å². The molecule has 6 rings (SSSR count). The maximum absolute atomic E-state index is 13.2. The minimum Gasteiger partial charge on any atom is -0.456 e. The number of benzene rings is 3. The fraction of sp³-hybridized carbons (Fsp3) is 0.276. The standard InChI is InChI=1S/C29H27O2S/c1-29(2,25-17-19-14-15-20(25)16-19)31-28(30)21-8-7-9-22(18-21)32-26-12-5-3-10-23(26)24-11-4-6-13-27(24)32/h3-15,18-20,25H,16-17H2,1-2H3/q+1. The van der Waals surface area contributed by atoms with E-state index in [1.807, 2.05) is 18.2 Å². The van der Waals surface area contributed by atoms with Crippen molar-refractivity contribution in [3.63, 3.8) is 0 Å². The Balaban J connectivity index is 1.36. The van der Waals surface area contributed by atoms with Crippen LogP contribution in [0.15, 0.2) is 84.9 Å². The van der Waals surface area contributed by atoms with Crippen LogP contribution in [0, 0.1) is 17.8 Å². The number of carbonyl (C=O) groups excluding carboxylic acids is 1. The summed E-state index contributed by atoms with van der Waals surface area (Å²) in [5.41, 5.74) is 0.176. The van der Waals surface area contributed by atoms with Crippen LogP contribution in [-0.4, -0.2) is 11.6 Å². The first-order valence-corrected chi connectivity index (χ1v) is 12.7. The van der Waals surface area contributed by atoms with Crippen molar-refractivity contribution in [3.8, 4) is 4.90 Å². The molecular weight excluding hydrogens is 412 g/mol. The minimum absolute atomic E-state index is 0.211. The van der Waals surface area contributed by atoms with E-state index in [0.29, 0.717) is 23.3 Å². The summed E-state index contributed by atoms with van der Waals surface area (Å²) in [5.74, 6) is 1.39. The predicted molar refractivity (Wildman–Crippen MR) is 134 cm³/mol. The SMILES string of the molecule is CC(C)(OC(=O)c1cccc(-[s+]2c3ccccc3c3ccccc32)c1)C1CC2C=CC1C2. The van der Waals surface area contributed by atoms with Gasteiger partial charge >= 0.3 is 5.97 Å². The molecule has 0 spiro atoms. The molecule has 32 heavy (non-hydrogen) atoms. The topological polar surface area (TPSA) is 26.3 Å². The van der Waals surface area contributed by atoms with Crippen LogP contribution < -0.4 is 0 Å². The summed E-state index contributed by atoms with van der Waals surface area (Å²) in [4.78, 5) is 14.4. The van der Waals surface area contributed by atoms with Gasteiger partial charge in [0, 0.05) is 33.2 Å². The van der Waals surface area contributed by atoms with Crippen molar-refractivity contribution in [2.75, 3.05) is 0 Å². The highest BCUT2D eigenvalue weighted by atomic mass is 32.2. The molecule has 0 radical (unpaired) electrons. The molecule has 2 aliphatic carbocycles. The Morgan fingerprint density at radius 1 is 0.875 bits per heavy atom. The van der Waals surface area contributed by atoms with Crippen LogP contribution in [0.2, 0.25) is 0 Å². The summed E-state index contributed by atoms with van der Waals surface area (Å²) in [6.45, 7) is 4.17. The third-order valence-electron chi connectivity index (χ3n) is 7.34. The maximum Gasteiger partial charge on any atom is 0.338 e. The van der Waals surface area contributed by atoms with Crippen LogP contribution in [-0.2, 0) is 4.74 Å². The van der Waals surface area contributed by atoms with Crippen LogP contribution in [0.5, 0.6) is 0 Å². The summed E-state index contributed by atoms with van der Waals surface area (Å²) in [6, 6.07) is 25.3. The lowest BCUT2D eigenvalue weighted by molar-refractivity contribution is -0.0360. The molecule has 3 unspecified atom stereocenters. The molecule has 0 amide bonds. The molecule has 3 heteroatoms. The summed E-state index contributed by atoms with van der Waals surface area (Å²) in [6.07, 6.45) is 6.99. The van der Waals surface area contributed by atoms with E-state index in [2.05, 4.69) is 80.6 Å².